The van der Waals surface area contributed by atoms with Gasteiger partial charge in [-0.05, 0) is 30.7 Å². The molecule has 0 fully saturated rings. The van der Waals surface area contributed by atoms with Gasteiger partial charge in [-0.3, -0.25) is 4.79 Å². The van der Waals surface area contributed by atoms with E-state index in [-0.39, 0.29) is 25.1 Å². The zero-order chi connectivity index (χ0) is 17.5. The van der Waals surface area contributed by atoms with Crippen molar-refractivity contribution in [1.29, 1.82) is 0 Å². The molecule has 1 amide bonds. The van der Waals surface area contributed by atoms with Crippen molar-refractivity contribution in [3.63, 3.8) is 0 Å². The zero-order valence-corrected chi connectivity index (χ0v) is 13.3. The Morgan fingerprint density at radius 2 is 2.00 bits per heavy atom. The predicted molar refractivity (Wildman–Crippen MR) is 85.8 cm³/mol. The van der Waals surface area contributed by atoms with Crippen LogP contribution in [0.5, 0.6) is 5.75 Å². The predicted octanol–water partition coefficient (Wildman–Crippen LogP) is 2.37. The summed E-state index contributed by atoms with van der Waals surface area (Å²) in [6, 6.07) is 11.0. The summed E-state index contributed by atoms with van der Waals surface area (Å²) in [7, 11) is 0. The molecule has 1 unspecified atom stereocenters. The monoisotopic (exact) mass is 335 g/mol. The molecule has 0 aliphatic carbocycles. The average Bonchev–Trinajstić information content (AvgIpc) is 2.55. The number of hydrogen-bond acceptors (Lipinski definition) is 3. The molecular weight excluding hydrogens is 316 g/mol. The van der Waals surface area contributed by atoms with E-state index in [1.54, 1.807) is 6.07 Å². The largest absolute Gasteiger partial charge is 0.491 e. The van der Waals surface area contributed by atoms with Gasteiger partial charge in [0.1, 0.15) is 18.5 Å². The minimum atomic E-state index is -1.03. The molecule has 0 bridgehead atoms. The van der Waals surface area contributed by atoms with Gasteiger partial charge >= 0.3 is 0 Å². The highest BCUT2D eigenvalue weighted by Gasteiger charge is 2.13. The topological polar surface area (TPSA) is 58.6 Å². The molecule has 4 nitrogen and oxygen atoms in total. The summed E-state index contributed by atoms with van der Waals surface area (Å²) >= 11 is 0. The number of hydrogen-bond donors (Lipinski definition) is 2. The van der Waals surface area contributed by atoms with Crippen molar-refractivity contribution < 1.29 is 23.4 Å². The van der Waals surface area contributed by atoms with Crippen molar-refractivity contribution in [3.8, 4) is 5.75 Å². The highest BCUT2D eigenvalue weighted by atomic mass is 19.2. The summed E-state index contributed by atoms with van der Waals surface area (Å²) in [5, 5.41) is 12.3. The molecule has 0 aromatic heterocycles. The van der Waals surface area contributed by atoms with Gasteiger partial charge in [0.15, 0.2) is 11.6 Å². The molecule has 0 saturated heterocycles. The van der Waals surface area contributed by atoms with E-state index in [9.17, 15) is 18.7 Å². The molecule has 2 aromatic rings. The summed E-state index contributed by atoms with van der Waals surface area (Å²) in [5.74, 6) is -1.90. The Balaban J connectivity index is 1.76. The second-order valence-electron chi connectivity index (χ2n) is 5.48. The van der Waals surface area contributed by atoms with Crippen LogP contribution in [0.3, 0.4) is 0 Å². The highest BCUT2D eigenvalue weighted by Crippen LogP contribution is 2.13. The Hall–Kier alpha value is -2.47. The van der Waals surface area contributed by atoms with Gasteiger partial charge in [-0.2, -0.15) is 0 Å². The maximum atomic E-state index is 13.5. The number of aliphatic hydroxyl groups is 1. The first-order chi connectivity index (χ1) is 11.5. The number of ether oxygens (including phenoxy) is 1. The van der Waals surface area contributed by atoms with Gasteiger partial charge in [-0.1, -0.05) is 24.3 Å². The molecule has 0 heterocycles. The first-order valence-electron chi connectivity index (χ1n) is 7.53. The average molecular weight is 335 g/mol. The van der Waals surface area contributed by atoms with Crippen LogP contribution >= 0.6 is 0 Å². The van der Waals surface area contributed by atoms with Crippen LogP contribution in [0.2, 0.25) is 0 Å². The van der Waals surface area contributed by atoms with E-state index in [1.165, 1.54) is 12.1 Å². The molecule has 0 aliphatic heterocycles. The lowest BCUT2D eigenvalue weighted by atomic mass is 10.1. The van der Waals surface area contributed by atoms with Gasteiger partial charge in [-0.15, -0.1) is 0 Å². The molecule has 0 spiro atoms. The second-order valence-corrected chi connectivity index (χ2v) is 5.48. The fourth-order valence-electron chi connectivity index (χ4n) is 2.11. The van der Waals surface area contributed by atoms with Crippen LogP contribution in [0, 0.1) is 18.6 Å². The molecular formula is C18H19F2NO3. The van der Waals surface area contributed by atoms with Crippen molar-refractivity contribution in [3.05, 3.63) is 65.2 Å². The third kappa shape index (κ3) is 5.31. The summed E-state index contributed by atoms with van der Waals surface area (Å²) in [5.41, 5.74) is 1.01. The molecule has 0 radical (unpaired) electrons. The second kappa shape index (κ2) is 8.40. The third-order valence-electron chi connectivity index (χ3n) is 3.35. The van der Waals surface area contributed by atoms with E-state index in [1.807, 2.05) is 25.1 Å². The number of carbonyl (C=O) groups excluding carboxylic acids is 1. The summed E-state index contributed by atoms with van der Waals surface area (Å²) in [6.07, 6.45) is -1.21. The Kier molecular flexibility index (Phi) is 6.26. The Bertz CT molecular complexity index is 706. The maximum absolute atomic E-state index is 13.5. The van der Waals surface area contributed by atoms with E-state index in [0.717, 1.165) is 11.6 Å². The van der Waals surface area contributed by atoms with Crippen LogP contribution in [0.4, 0.5) is 8.78 Å². The Labute approximate surface area is 139 Å². The summed E-state index contributed by atoms with van der Waals surface area (Å²) in [6.45, 7) is 1.90. The smallest absolute Gasteiger partial charge is 0.224 e. The number of aryl methyl sites for hydroxylation is 1. The van der Waals surface area contributed by atoms with Crippen LogP contribution in [-0.2, 0) is 11.2 Å². The number of nitrogens with one attached hydrogen (secondary N) is 1. The lowest BCUT2D eigenvalue weighted by Crippen LogP contribution is -2.36. The number of aliphatic hydroxyl groups excluding tert-OH is 1. The first kappa shape index (κ1) is 17.9. The Morgan fingerprint density at radius 3 is 2.75 bits per heavy atom. The number of halogens is 2. The fraction of sp³-hybridized carbons (Fsp3) is 0.278. The maximum Gasteiger partial charge on any atom is 0.224 e. The van der Waals surface area contributed by atoms with Crippen LogP contribution in [0.25, 0.3) is 0 Å². The van der Waals surface area contributed by atoms with Crippen molar-refractivity contribution in [2.75, 3.05) is 13.2 Å². The fourth-order valence-corrected chi connectivity index (χ4v) is 2.11. The first-order valence-corrected chi connectivity index (χ1v) is 7.53. The highest BCUT2D eigenvalue weighted by molar-refractivity contribution is 5.78. The van der Waals surface area contributed by atoms with E-state index < -0.39 is 23.6 Å². The van der Waals surface area contributed by atoms with E-state index in [0.29, 0.717) is 5.75 Å². The molecule has 128 valence electrons. The molecule has 2 rings (SSSR count). The third-order valence-corrected chi connectivity index (χ3v) is 3.35. The van der Waals surface area contributed by atoms with Crippen LogP contribution < -0.4 is 10.1 Å². The molecule has 2 N–H and O–H groups in total. The van der Waals surface area contributed by atoms with Gasteiger partial charge in [0.2, 0.25) is 5.91 Å². The lowest BCUT2D eigenvalue weighted by Gasteiger charge is -2.14. The van der Waals surface area contributed by atoms with Crippen LogP contribution in [-0.4, -0.2) is 30.3 Å². The van der Waals surface area contributed by atoms with Gasteiger partial charge in [0, 0.05) is 12.1 Å². The molecule has 1 atom stereocenters. The Morgan fingerprint density at radius 1 is 1.25 bits per heavy atom. The summed E-state index contributed by atoms with van der Waals surface area (Å²) < 4.78 is 32.0. The quantitative estimate of drug-likeness (QED) is 0.817. The van der Waals surface area contributed by atoms with Crippen molar-refractivity contribution >= 4 is 5.91 Å². The van der Waals surface area contributed by atoms with Gasteiger partial charge < -0.3 is 15.2 Å². The zero-order valence-electron chi connectivity index (χ0n) is 13.3. The van der Waals surface area contributed by atoms with Crippen molar-refractivity contribution in [2.45, 2.75) is 19.4 Å². The molecule has 24 heavy (non-hydrogen) atoms. The summed E-state index contributed by atoms with van der Waals surface area (Å²) in [4.78, 5) is 11.7. The van der Waals surface area contributed by atoms with Gasteiger partial charge in [0.25, 0.3) is 0 Å². The van der Waals surface area contributed by atoms with Crippen LogP contribution in [0.1, 0.15) is 11.1 Å². The number of benzene rings is 2. The minimum absolute atomic E-state index is 0.0120. The molecule has 2 aromatic carbocycles. The van der Waals surface area contributed by atoms with E-state index >= 15 is 0 Å². The minimum Gasteiger partial charge on any atom is -0.491 e. The lowest BCUT2D eigenvalue weighted by molar-refractivity contribution is -0.121. The van der Waals surface area contributed by atoms with Crippen molar-refractivity contribution in [1.82, 2.24) is 5.32 Å². The normalized spacial score (nSPS) is 11.8. The standard InChI is InChI=1S/C18H19F2NO3/c1-12-4-2-6-15(8-12)24-11-14(22)10-21-17(23)9-13-5-3-7-16(19)18(13)20/h2-8,14,22H,9-11H2,1H3,(H,21,23). The number of carbonyl (C=O) groups is 1. The molecule has 0 saturated carbocycles. The SMILES string of the molecule is Cc1cccc(OCC(O)CNC(=O)Cc2cccc(F)c2F)c1. The molecule has 6 heteroatoms. The van der Waals surface area contributed by atoms with Crippen LogP contribution in [0.15, 0.2) is 42.5 Å². The van der Waals surface area contributed by atoms with Gasteiger partial charge in [-0.25, -0.2) is 8.78 Å². The van der Waals surface area contributed by atoms with Crippen molar-refractivity contribution in [2.24, 2.45) is 0 Å². The van der Waals surface area contributed by atoms with Gasteiger partial charge in [0.05, 0.1) is 6.42 Å². The number of rotatable bonds is 7. The van der Waals surface area contributed by atoms with E-state index in [2.05, 4.69) is 5.32 Å². The van der Waals surface area contributed by atoms with E-state index in [4.69, 9.17) is 4.74 Å². The number of amides is 1. The molecule has 0 aliphatic rings.